The molecule has 0 bridgehead atoms. The molecule has 2 heteroatoms. The maximum atomic E-state index is 9.83. The summed E-state index contributed by atoms with van der Waals surface area (Å²) in [5.41, 5.74) is 0.0618. The minimum Gasteiger partial charge on any atom is -0.394 e. The van der Waals surface area contributed by atoms with Crippen LogP contribution in [0.3, 0.4) is 0 Å². The third-order valence-electron chi connectivity index (χ3n) is 5.18. The van der Waals surface area contributed by atoms with Gasteiger partial charge >= 0.3 is 0 Å². The molecule has 0 aromatic carbocycles. The van der Waals surface area contributed by atoms with E-state index < -0.39 is 0 Å². The molecule has 2 aliphatic rings. The molecule has 2 aliphatic carbocycles. The van der Waals surface area contributed by atoms with Crippen LogP contribution in [0.2, 0.25) is 0 Å². The molecule has 2 rings (SSSR count). The number of nitrogens with one attached hydrogen (secondary N) is 1. The Hall–Kier alpha value is -0.0800. The topological polar surface area (TPSA) is 32.3 Å². The Bertz CT molecular complexity index is 227. The van der Waals surface area contributed by atoms with E-state index in [-0.39, 0.29) is 5.54 Å². The maximum absolute atomic E-state index is 9.83. The molecule has 0 radical (unpaired) electrons. The van der Waals surface area contributed by atoms with Crippen LogP contribution >= 0.6 is 0 Å². The van der Waals surface area contributed by atoms with Gasteiger partial charge in [0.2, 0.25) is 0 Å². The first-order chi connectivity index (χ1) is 8.78. The van der Waals surface area contributed by atoms with Crippen molar-refractivity contribution in [1.82, 2.24) is 5.32 Å². The van der Waals surface area contributed by atoms with Gasteiger partial charge in [0.05, 0.1) is 6.61 Å². The average molecular weight is 253 g/mol. The van der Waals surface area contributed by atoms with Gasteiger partial charge in [-0.15, -0.1) is 0 Å². The molecule has 2 nitrogen and oxygen atoms in total. The third-order valence-corrected chi connectivity index (χ3v) is 5.18. The molecule has 106 valence electrons. The van der Waals surface area contributed by atoms with Crippen molar-refractivity contribution in [2.75, 3.05) is 6.61 Å². The summed E-state index contributed by atoms with van der Waals surface area (Å²) in [6, 6.07) is 0.675. The first-order valence-electron chi connectivity index (χ1n) is 8.16. The van der Waals surface area contributed by atoms with E-state index in [4.69, 9.17) is 0 Å². The van der Waals surface area contributed by atoms with E-state index in [2.05, 4.69) is 12.2 Å². The van der Waals surface area contributed by atoms with E-state index in [0.717, 1.165) is 5.92 Å². The fourth-order valence-corrected chi connectivity index (χ4v) is 3.96. The molecular weight excluding hydrogens is 222 g/mol. The van der Waals surface area contributed by atoms with Crippen LogP contribution in [-0.4, -0.2) is 23.3 Å². The fourth-order valence-electron chi connectivity index (χ4n) is 3.96. The first-order valence-corrected chi connectivity index (χ1v) is 8.16. The molecule has 0 amide bonds. The Morgan fingerprint density at radius 1 is 1.06 bits per heavy atom. The summed E-state index contributed by atoms with van der Waals surface area (Å²) in [7, 11) is 0. The van der Waals surface area contributed by atoms with Gasteiger partial charge < -0.3 is 10.4 Å². The lowest BCUT2D eigenvalue weighted by Gasteiger charge is -2.43. The van der Waals surface area contributed by atoms with Crippen LogP contribution in [0.25, 0.3) is 0 Å². The van der Waals surface area contributed by atoms with Gasteiger partial charge in [-0.2, -0.15) is 0 Å². The molecule has 2 saturated carbocycles. The van der Waals surface area contributed by atoms with Gasteiger partial charge in [0, 0.05) is 11.6 Å². The van der Waals surface area contributed by atoms with Crippen molar-refractivity contribution in [3.63, 3.8) is 0 Å². The second-order valence-electron chi connectivity index (χ2n) is 6.65. The number of hydrogen-bond acceptors (Lipinski definition) is 2. The van der Waals surface area contributed by atoms with Crippen LogP contribution in [0.5, 0.6) is 0 Å². The molecule has 0 aromatic rings. The fraction of sp³-hybridized carbons (Fsp3) is 1.00. The van der Waals surface area contributed by atoms with Gasteiger partial charge in [-0.3, -0.25) is 0 Å². The Balaban J connectivity index is 1.83. The standard InChI is InChI=1S/C16H31NO/c1-2-6-14-9-11-16(13-18,12-10-14)17-15-7-4-3-5-8-15/h14-15,17-18H,2-13H2,1H3. The molecule has 0 aromatic heterocycles. The highest BCUT2D eigenvalue weighted by atomic mass is 16.3. The summed E-state index contributed by atoms with van der Waals surface area (Å²) in [5.74, 6) is 0.919. The van der Waals surface area contributed by atoms with Crippen molar-refractivity contribution in [3.8, 4) is 0 Å². The van der Waals surface area contributed by atoms with Crippen molar-refractivity contribution in [2.24, 2.45) is 5.92 Å². The number of aliphatic hydroxyl groups excluding tert-OH is 1. The molecule has 0 aliphatic heterocycles. The van der Waals surface area contributed by atoms with Gasteiger partial charge in [0.1, 0.15) is 0 Å². The van der Waals surface area contributed by atoms with Gasteiger partial charge in [-0.25, -0.2) is 0 Å². The number of aliphatic hydroxyl groups is 1. The summed E-state index contributed by atoms with van der Waals surface area (Å²) in [4.78, 5) is 0. The summed E-state index contributed by atoms with van der Waals surface area (Å²) < 4.78 is 0. The Morgan fingerprint density at radius 2 is 1.72 bits per heavy atom. The maximum Gasteiger partial charge on any atom is 0.0613 e. The SMILES string of the molecule is CCCC1CCC(CO)(NC2CCCCC2)CC1. The van der Waals surface area contributed by atoms with Crippen LogP contribution in [0.1, 0.15) is 77.6 Å². The van der Waals surface area contributed by atoms with Gasteiger partial charge in [0.25, 0.3) is 0 Å². The zero-order chi connectivity index (χ0) is 12.8. The van der Waals surface area contributed by atoms with E-state index in [0.29, 0.717) is 12.6 Å². The van der Waals surface area contributed by atoms with Crippen molar-refractivity contribution in [2.45, 2.75) is 89.1 Å². The van der Waals surface area contributed by atoms with Crippen LogP contribution in [0.4, 0.5) is 0 Å². The zero-order valence-electron chi connectivity index (χ0n) is 12.1. The Labute approximate surface area is 113 Å². The predicted octanol–water partition coefficient (Wildman–Crippen LogP) is 3.63. The Morgan fingerprint density at radius 3 is 2.28 bits per heavy atom. The summed E-state index contributed by atoms with van der Waals surface area (Å²) in [6.07, 6.45) is 14.5. The largest absolute Gasteiger partial charge is 0.394 e. The van der Waals surface area contributed by atoms with Crippen molar-refractivity contribution >= 4 is 0 Å². The molecule has 2 fully saturated rings. The van der Waals surface area contributed by atoms with E-state index in [1.807, 2.05) is 0 Å². The second-order valence-corrected chi connectivity index (χ2v) is 6.65. The first kappa shape index (κ1) is 14.3. The normalized spacial score (nSPS) is 34.7. The van der Waals surface area contributed by atoms with Crippen LogP contribution < -0.4 is 5.32 Å². The molecule has 0 unspecified atom stereocenters. The van der Waals surface area contributed by atoms with E-state index in [9.17, 15) is 5.11 Å². The van der Waals surface area contributed by atoms with Crippen LogP contribution in [0.15, 0.2) is 0 Å². The lowest BCUT2D eigenvalue weighted by molar-refractivity contribution is 0.0830. The van der Waals surface area contributed by atoms with E-state index in [1.54, 1.807) is 0 Å². The smallest absolute Gasteiger partial charge is 0.0613 e. The molecule has 2 N–H and O–H groups in total. The number of rotatable bonds is 5. The molecule has 0 heterocycles. The predicted molar refractivity (Wildman–Crippen MR) is 76.7 cm³/mol. The highest BCUT2D eigenvalue weighted by Crippen LogP contribution is 2.35. The highest BCUT2D eigenvalue weighted by Gasteiger charge is 2.36. The highest BCUT2D eigenvalue weighted by molar-refractivity contribution is 4.95. The van der Waals surface area contributed by atoms with Crippen LogP contribution in [-0.2, 0) is 0 Å². The second kappa shape index (κ2) is 6.91. The van der Waals surface area contributed by atoms with E-state index in [1.165, 1.54) is 70.6 Å². The molecule has 0 spiro atoms. The Kier molecular flexibility index (Phi) is 5.50. The summed E-state index contributed by atoms with van der Waals surface area (Å²) in [5, 5.41) is 13.7. The van der Waals surface area contributed by atoms with Gasteiger partial charge in [-0.1, -0.05) is 39.0 Å². The average Bonchev–Trinajstić information content (AvgIpc) is 2.43. The minimum atomic E-state index is 0.0618. The third kappa shape index (κ3) is 3.71. The van der Waals surface area contributed by atoms with Crippen LogP contribution in [0, 0.1) is 5.92 Å². The summed E-state index contributed by atoms with van der Waals surface area (Å²) >= 11 is 0. The van der Waals surface area contributed by atoms with Gasteiger partial charge in [0.15, 0.2) is 0 Å². The van der Waals surface area contributed by atoms with E-state index >= 15 is 0 Å². The quantitative estimate of drug-likeness (QED) is 0.784. The van der Waals surface area contributed by atoms with Gasteiger partial charge in [-0.05, 0) is 44.4 Å². The van der Waals surface area contributed by atoms with Crippen molar-refractivity contribution in [1.29, 1.82) is 0 Å². The summed E-state index contributed by atoms with van der Waals surface area (Å²) in [6.45, 7) is 2.62. The molecular formula is C16H31NO. The minimum absolute atomic E-state index is 0.0618. The molecule has 18 heavy (non-hydrogen) atoms. The molecule has 0 atom stereocenters. The monoisotopic (exact) mass is 253 g/mol. The lowest BCUT2D eigenvalue weighted by atomic mass is 9.74. The van der Waals surface area contributed by atoms with Crippen molar-refractivity contribution in [3.05, 3.63) is 0 Å². The molecule has 0 saturated heterocycles. The van der Waals surface area contributed by atoms with Crippen molar-refractivity contribution < 1.29 is 5.11 Å². The lowest BCUT2D eigenvalue weighted by Crippen LogP contribution is -2.55. The zero-order valence-corrected chi connectivity index (χ0v) is 12.1. The number of hydrogen-bond donors (Lipinski definition) is 2.